The summed E-state index contributed by atoms with van der Waals surface area (Å²) in [4.78, 5) is 6.85. The third-order valence-electron chi connectivity index (χ3n) is 4.66. The SMILES string of the molecule is Nc1ncccc1CN1CCC[C@H]2CCCC[C@H]21. The first-order valence-electron chi connectivity index (χ1n) is 7.28. The first-order chi connectivity index (χ1) is 8.84. The van der Waals surface area contributed by atoms with E-state index in [-0.39, 0.29) is 0 Å². The van der Waals surface area contributed by atoms with Gasteiger partial charge in [-0.15, -0.1) is 0 Å². The van der Waals surface area contributed by atoms with Crippen LogP contribution < -0.4 is 5.73 Å². The van der Waals surface area contributed by atoms with Crippen molar-refractivity contribution < 1.29 is 0 Å². The zero-order valence-electron chi connectivity index (χ0n) is 11.0. The number of pyridine rings is 1. The van der Waals surface area contributed by atoms with Gasteiger partial charge in [0.15, 0.2) is 0 Å². The Morgan fingerprint density at radius 2 is 2.06 bits per heavy atom. The van der Waals surface area contributed by atoms with Crippen LogP contribution in [0.15, 0.2) is 18.3 Å². The van der Waals surface area contributed by atoms with Crippen molar-refractivity contribution in [1.29, 1.82) is 0 Å². The van der Waals surface area contributed by atoms with Crippen LogP contribution in [0.1, 0.15) is 44.1 Å². The van der Waals surface area contributed by atoms with Crippen molar-refractivity contribution >= 4 is 5.82 Å². The molecule has 3 heteroatoms. The van der Waals surface area contributed by atoms with Crippen LogP contribution in [-0.2, 0) is 6.54 Å². The molecular weight excluding hydrogens is 222 g/mol. The van der Waals surface area contributed by atoms with E-state index in [9.17, 15) is 0 Å². The lowest BCUT2D eigenvalue weighted by Gasteiger charge is -2.44. The van der Waals surface area contributed by atoms with Gasteiger partial charge in [-0.2, -0.15) is 0 Å². The molecule has 0 bridgehead atoms. The summed E-state index contributed by atoms with van der Waals surface area (Å²) in [5.41, 5.74) is 7.17. The van der Waals surface area contributed by atoms with Gasteiger partial charge in [-0.05, 0) is 44.2 Å². The summed E-state index contributed by atoms with van der Waals surface area (Å²) in [7, 11) is 0. The molecule has 18 heavy (non-hydrogen) atoms. The average Bonchev–Trinajstić information content (AvgIpc) is 2.42. The maximum absolute atomic E-state index is 5.97. The van der Waals surface area contributed by atoms with Crippen molar-refractivity contribution in [2.45, 2.75) is 51.1 Å². The van der Waals surface area contributed by atoms with Gasteiger partial charge in [-0.25, -0.2) is 4.98 Å². The van der Waals surface area contributed by atoms with E-state index in [4.69, 9.17) is 5.73 Å². The molecule has 2 aliphatic rings. The van der Waals surface area contributed by atoms with Crippen molar-refractivity contribution in [3.8, 4) is 0 Å². The van der Waals surface area contributed by atoms with Gasteiger partial charge in [0.25, 0.3) is 0 Å². The Morgan fingerprint density at radius 1 is 1.22 bits per heavy atom. The standard InChI is InChI=1S/C15H23N3/c16-15-13(6-3-9-17-15)11-18-10-4-7-12-5-1-2-8-14(12)18/h3,6,9,12,14H,1-2,4-5,7-8,10-11H2,(H2,16,17)/t12-,14-/m1/s1. The number of nitrogens with two attached hydrogens (primary N) is 1. The lowest BCUT2D eigenvalue weighted by atomic mass is 9.78. The molecule has 0 aromatic carbocycles. The molecule has 1 saturated carbocycles. The molecule has 2 atom stereocenters. The minimum atomic E-state index is 0.704. The summed E-state index contributed by atoms with van der Waals surface area (Å²) in [5, 5.41) is 0. The van der Waals surface area contributed by atoms with Crippen molar-refractivity contribution in [3.05, 3.63) is 23.9 Å². The van der Waals surface area contributed by atoms with Gasteiger partial charge in [-0.1, -0.05) is 18.9 Å². The fourth-order valence-electron chi connectivity index (χ4n) is 3.73. The Kier molecular flexibility index (Phi) is 3.50. The molecule has 1 aromatic rings. The fourth-order valence-corrected chi connectivity index (χ4v) is 3.73. The molecular formula is C15H23N3. The lowest BCUT2D eigenvalue weighted by Crippen LogP contribution is -2.46. The van der Waals surface area contributed by atoms with E-state index in [1.165, 1.54) is 50.6 Å². The number of hydrogen-bond donors (Lipinski definition) is 1. The monoisotopic (exact) mass is 245 g/mol. The van der Waals surface area contributed by atoms with E-state index in [1.54, 1.807) is 6.20 Å². The Hall–Kier alpha value is -1.09. The predicted molar refractivity (Wildman–Crippen MR) is 74.0 cm³/mol. The Balaban J connectivity index is 1.73. The van der Waals surface area contributed by atoms with Crippen LogP contribution in [0.4, 0.5) is 5.82 Å². The molecule has 3 rings (SSSR count). The summed E-state index contributed by atoms with van der Waals surface area (Å²) in [6.07, 6.45) is 10.2. The molecule has 0 radical (unpaired) electrons. The van der Waals surface area contributed by atoms with Crippen LogP contribution in [0.2, 0.25) is 0 Å². The molecule has 1 aliphatic carbocycles. The fraction of sp³-hybridized carbons (Fsp3) is 0.667. The first kappa shape index (κ1) is 12.0. The molecule has 1 saturated heterocycles. The third-order valence-corrected chi connectivity index (χ3v) is 4.66. The topological polar surface area (TPSA) is 42.1 Å². The average molecular weight is 245 g/mol. The minimum absolute atomic E-state index is 0.704. The number of rotatable bonds is 2. The molecule has 0 amide bonds. The summed E-state index contributed by atoms with van der Waals surface area (Å²) in [6, 6.07) is 4.91. The highest BCUT2D eigenvalue weighted by molar-refractivity contribution is 5.38. The van der Waals surface area contributed by atoms with E-state index in [2.05, 4.69) is 16.0 Å². The second-order valence-corrected chi connectivity index (χ2v) is 5.77. The second kappa shape index (κ2) is 5.27. The van der Waals surface area contributed by atoms with E-state index >= 15 is 0 Å². The van der Waals surface area contributed by atoms with Crippen LogP contribution in [0.5, 0.6) is 0 Å². The number of nitrogens with zero attached hydrogens (tertiary/aromatic N) is 2. The molecule has 3 nitrogen and oxygen atoms in total. The quantitative estimate of drug-likeness (QED) is 0.871. The summed E-state index contributed by atoms with van der Waals surface area (Å²) in [6.45, 7) is 2.22. The maximum atomic E-state index is 5.97. The van der Waals surface area contributed by atoms with Gasteiger partial charge in [0.05, 0.1) is 0 Å². The summed E-state index contributed by atoms with van der Waals surface area (Å²) in [5.74, 6) is 1.64. The van der Waals surface area contributed by atoms with Crippen molar-refractivity contribution in [2.75, 3.05) is 12.3 Å². The normalized spacial score (nSPS) is 28.9. The third kappa shape index (κ3) is 2.37. The number of nitrogen functional groups attached to an aromatic ring is 1. The van der Waals surface area contributed by atoms with Crippen LogP contribution in [-0.4, -0.2) is 22.5 Å². The first-order valence-corrected chi connectivity index (χ1v) is 7.28. The number of likely N-dealkylation sites (tertiary alicyclic amines) is 1. The largest absolute Gasteiger partial charge is 0.383 e. The van der Waals surface area contributed by atoms with Crippen LogP contribution >= 0.6 is 0 Å². The molecule has 0 unspecified atom stereocenters. The smallest absolute Gasteiger partial charge is 0.127 e. The number of fused-ring (bicyclic) bond motifs is 1. The number of anilines is 1. The Morgan fingerprint density at radius 3 is 2.94 bits per heavy atom. The molecule has 1 aromatic heterocycles. The molecule has 0 spiro atoms. The molecule has 2 heterocycles. The van der Waals surface area contributed by atoms with Crippen molar-refractivity contribution in [2.24, 2.45) is 5.92 Å². The highest BCUT2D eigenvalue weighted by Crippen LogP contribution is 2.36. The van der Waals surface area contributed by atoms with E-state index in [0.29, 0.717) is 5.82 Å². The number of piperidine rings is 1. The van der Waals surface area contributed by atoms with E-state index in [1.807, 2.05) is 6.07 Å². The van der Waals surface area contributed by atoms with Crippen LogP contribution in [0.25, 0.3) is 0 Å². The summed E-state index contributed by atoms with van der Waals surface area (Å²) < 4.78 is 0. The van der Waals surface area contributed by atoms with Gasteiger partial charge in [0.2, 0.25) is 0 Å². The second-order valence-electron chi connectivity index (χ2n) is 5.77. The Bertz CT molecular complexity index is 402. The minimum Gasteiger partial charge on any atom is -0.383 e. The van der Waals surface area contributed by atoms with Gasteiger partial charge in [0.1, 0.15) is 5.82 Å². The van der Waals surface area contributed by atoms with Crippen LogP contribution in [0.3, 0.4) is 0 Å². The summed E-state index contributed by atoms with van der Waals surface area (Å²) >= 11 is 0. The van der Waals surface area contributed by atoms with Gasteiger partial charge >= 0.3 is 0 Å². The molecule has 98 valence electrons. The zero-order valence-corrected chi connectivity index (χ0v) is 11.0. The molecule has 1 aliphatic heterocycles. The van der Waals surface area contributed by atoms with Gasteiger partial charge in [0, 0.05) is 24.3 Å². The predicted octanol–water partition coefficient (Wildman–Crippen LogP) is 2.82. The number of aromatic nitrogens is 1. The molecule has 2 fully saturated rings. The number of hydrogen-bond acceptors (Lipinski definition) is 3. The molecule has 2 N–H and O–H groups in total. The van der Waals surface area contributed by atoms with E-state index < -0.39 is 0 Å². The van der Waals surface area contributed by atoms with Gasteiger partial charge < -0.3 is 5.73 Å². The maximum Gasteiger partial charge on any atom is 0.127 e. The van der Waals surface area contributed by atoms with Crippen molar-refractivity contribution in [1.82, 2.24) is 9.88 Å². The lowest BCUT2D eigenvalue weighted by molar-refractivity contribution is 0.0548. The van der Waals surface area contributed by atoms with Crippen molar-refractivity contribution in [3.63, 3.8) is 0 Å². The highest BCUT2D eigenvalue weighted by Gasteiger charge is 2.33. The van der Waals surface area contributed by atoms with E-state index in [0.717, 1.165) is 18.5 Å². The zero-order chi connectivity index (χ0) is 12.4. The van der Waals surface area contributed by atoms with Gasteiger partial charge in [-0.3, -0.25) is 4.90 Å². The Labute approximate surface area is 109 Å². The van der Waals surface area contributed by atoms with Crippen LogP contribution in [0, 0.1) is 5.92 Å². The highest BCUT2D eigenvalue weighted by atomic mass is 15.2.